The van der Waals surface area contributed by atoms with E-state index in [-0.39, 0.29) is 5.69 Å². The van der Waals surface area contributed by atoms with E-state index < -0.39 is 0 Å². The van der Waals surface area contributed by atoms with E-state index in [0.29, 0.717) is 18.8 Å². The maximum atomic E-state index is 12.0. The monoisotopic (exact) mass is 285 g/mol. The lowest BCUT2D eigenvalue weighted by Crippen LogP contribution is -2.23. The zero-order valence-electron chi connectivity index (χ0n) is 11.6. The fourth-order valence-electron chi connectivity index (χ4n) is 2.04. The summed E-state index contributed by atoms with van der Waals surface area (Å²) in [5.74, 6) is 1.51. The molecule has 0 saturated heterocycles. The highest BCUT2D eigenvalue weighted by Gasteiger charge is 2.05. The van der Waals surface area contributed by atoms with E-state index in [2.05, 4.69) is 5.10 Å². The van der Waals surface area contributed by atoms with Crippen LogP contribution in [0.2, 0.25) is 0 Å². The zero-order chi connectivity index (χ0) is 14.7. The molecule has 0 aliphatic rings. The number of ether oxygens (including phenoxy) is 2. The Kier molecular flexibility index (Phi) is 3.59. The second-order valence-electron chi connectivity index (χ2n) is 4.46. The average molecular weight is 285 g/mol. The lowest BCUT2D eigenvalue weighted by molar-refractivity contribution is 0.288. The second kappa shape index (κ2) is 5.70. The number of rotatable bonds is 5. The first kappa shape index (κ1) is 13.2. The van der Waals surface area contributed by atoms with Gasteiger partial charge in [0.1, 0.15) is 18.1 Å². The SMILES string of the molecule is COc1ccc(OCCn2nc3ccccn3c2=O)cc1. The zero-order valence-corrected chi connectivity index (χ0v) is 11.6. The summed E-state index contributed by atoms with van der Waals surface area (Å²) in [4.78, 5) is 12.0. The van der Waals surface area contributed by atoms with Crippen LogP contribution in [0.25, 0.3) is 5.65 Å². The molecule has 0 unspecified atom stereocenters. The number of aromatic nitrogens is 3. The van der Waals surface area contributed by atoms with Gasteiger partial charge in [-0.2, -0.15) is 0 Å². The van der Waals surface area contributed by atoms with Gasteiger partial charge >= 0.3 is 5.69 Å². The van der Waals surface area contributed by atoms with Crippen molar-refractivity contribution in [1.29, 1.82) is 0 Å². The third kappa shape index (κ3) is 2.74. The van der Waals surface area contributed by atoms with Crippen LogP contribution >= 0.6 is 0 Å². The first-order valence-corrected chi connectivity index (χ1v) is 6.59. The molecule has 0 aliphatic heterocycles. The molecule has 21 heavy (non-hydrogen) atoms. The lowest BCUT2D eigenvalue weighted by Gasteiger charge is -2.06. The van der Waals surface area contributed by atoms with Crippen molar-refractivity contribution >= 4 is 5.65 Å². The fourth-order valence-corrected chi connectivity index (χ4v) is 2.04. The average Bonchev–Trinajstić information content (AvgIpc) is 2.85. The van der Waals surface area contributed by atoms with Gasteiger partial charge in [-0.15, -0.1) is 5.10 Å². The molecule has 108 valence electrons. The van der Waals surface area contributed by atoms with Crippen molar-refractivity contribution in [3.8, 4) is 11.5 Å². The number of benzene rings is 1. The standard InChI is InChI=1S/C15H15N3O3/c1-20-12-5-7-13(8-6-12)21-11-10-18-15(19)17-9-3-2-4-14(17)16-18/h2-9H,10-11H2,1H3. The minimum atomic E-state index is -0.163. The quantitative estimate of drug-likeness (QED) is 0.714. The van der Waals surface area contributed by atoms with Gasteiger partial charge in [-0.1, -0.05) is 6.07 Å². The predicted octanol–water partition coefficient (Wildman–Crippen LogP) is 1.58. The molecular weight excluding hydrogens is 270 g/mol. The lowest BCUT2D eigenvalue weighted by atomic mass is 10.3. The van der Waals surface area contributed by atoms with E-state index in [1.54, 1.807) is 25.4 Å². The predicted molar refractivity (Wildman–Crippen MR) is 77.9 cm³/mol. The van der Waals surface area contributed by atoms with Gasteiger partial charge in [0.15, 0.2) is 5.65 Å². The number of methoxy groups -OCH3 is 1. The van der Waals surface area contributed by atoms with Crippen molar-refractivity contribution < 1.29 is 9.47 Å². The van der Waals surface area contributed by atoms with Gasteiger partial charge in [0.05, 0.1) is 13.7 Å². The highest BCUT2D eigenvalue weighted by atomic mass is 16.5. The Labute approximate surface area is 121 Å². The maximum Gasteiger partial charge on any atom is 0.350 e. The third-order valence-corrected chi connectivity index (χ3v) is 3.12. The Hall–Kier alpha value is -2.76. The highest BCUT2D eigenvalue weighted by Crippen LogP contribution is 2.16. The summed E-state index contributed by atoms with van der Waals surface area (Å²) in [6.07, 6.45) is 1.70. The molecule has 0 fully saturated rings. The van der Waals surface area contributed by atoms with Crippen molar-refractivity contribution in [2.24, 2.45) is 0 Å². The smallest absolute Gasteiger partial charge is 0.350 e. The van der Waals surface area contributed by atoms with Crippen LogP contribution in [0.3, 0.4) is 0 Å². The summed E-state index contributed by atoms with van der Waals surface area (Å²) in [5, 5.41) is 4.24. The normalized spacial score (nSPS) is 10.7. The summed E-state index contributed by atoms with van der Waals surface area (Å²) in [6, 6.07) is 12.7. The van der Waals surface area contributed by atoms with Crippen LogP contribution < -0.4 is 15.2 Å². The minimum absolute atomic E-state index is 0.163. The molecule has 2 heterocycles. The van der Waals surface area contributed by atoms with Crippen molar-refractivity contribution in [1.82, 2.24) is 14.2 Å². The molecule has 0 N–H and O–H groups in total. The molecule has 0 saturated carbocycles. The fraction of sp³-hybridized carbons (Fsp3) is 0.200. The summed E-state index contributed by atoms with van der Waals surface area (Å²) in [5.41, 5.74) is 0.468. The molecule has 6 heteroatoms. The number of nitrogens with zero attached hydrogens (tertiary/aromatic N) is 3. The van der Waals surface area contributed by atoms with Crippen molar-refractivity contribution in [3.05, 3.63) is 59.1 Å². The summed E-state index contributed by atoms with van der Waals surface area (Å²) in [6.45, 7) is 0.767. The van der Waals surface area contributed by atoms with E-state index >= 15 is 0 Å². The molecule has 0 spiro atoms. The number of hydrogen-bond donors (Lipinski definition) is 0. The molecule has 6 nitrogen and oxygen atoms in total. The number of hydrogen-bond acceptors (Lipinski definition) is 4. The van der Waals surface area contributed by atoms with Crippen molar-refractivity contribution in [2.45, 2.75) is 6.54 Å². The van der Waals surface area contributed by atoms with E-state index in [4.69, 9.17) is 9.47 Å². The Morgan fingerprint density at radius 2 is 1.86 bits per heavy atom. The molecule has 0 aliphatic carbocycles. The molecule has 0 bridgehead atoms. The Balaban J connectivity index is 1.66. The van der Waals surface area contributed by atoms with Crippen LogP contribution in [0.15, 0.2) is 53.5 Å². The van der Waals surface area contributed by atoms with Crippen LogP contribution in [0.1, 0.15) is 0 Å². The molecule has 1 aromatic carbocycles. The molecule has 3 aromatic rings. The van der Waals surface area contributed by atoms with E-state index in [1.807, 2.05) is 30.3 Å². The summed E-state index contributed by atoms with van der Waals surface area (Å²) >= 11 is 0. The molecule has 0 atom stereocenters. The number of pyridine rings is 1. The second-order valence-corrected chi connectivity index (χ2v) is 4.46. The van der Waals surface area contributed by atoms with Gasteiger partial charge in [-0.25, -0.2) is 9.48 Å². The maximum absolute atomic E-state index is 12.0. The van der Waals surface area contributed by atoms with E-state index in [1.165, 1.54) is 9.08 Å². The topological polar surface area (TPSA) is 57.8 Å². The molecule has 0 radical (unpaired) electrons. The van der Waals surface area contributed by atoms with Gasteiger partial charge in [0.2, 0.25) is 0 Å². The summed E-state index contributed by atoms with van der Waals surface area (Å²) in [7, 11) is 1.62. The van der Waals surface area contributed by atoms with Crippen molar-refractivity contribution in [2.75, 3.05) is 13.7 Å². The first-order chi connectivity index (χ1) is 10.3. The van der Waals surface area contributed by atoms with E-state index in [0.717, 1.165) is 11.5 Å². The van der Waals surface area contributed by atoms with Gasteiger partial charge < -0.3 is 9.47 Å². The van der Waals surface area contributed by atoms with Crippen LogP contribution in [0, 0.1) is 0 Å². The van der Waals surface area contributed by atoms with Gasteiger partial charge in [-0.05, 0) is 36.4 Å². The largest absolute Gasteiger partial charge is 0.497 e. The molecule has 2 aromatic heterocycles. The third-order valence-electron chi connectivity index (χ3n) is 3.12. The Bertz CT molecular complexity index is 790. The van der Waals surface area contributed by atoms with Gasteiger partial charge in [0.25, 0.3) is 0 Å². The van der Waals surface area contributed by atoms with Crippen LogP contribution in [-0.4, -0.2) is 27.9 Å². The molecule has 3 rings (SSSR count). The van der Waals surface area contributed by atoms with E-state index in [9.17, 15) is 4.79 Å². The minimum Gasteiger partial charge on any atom is -0.497 e. The van der Waals surface area contributed by atoms with Crippen molar-refractivity contribution in [3.63, 3.8) is 0 Å². The number of fused-ring (bicyclic) bond motifs is 1. The highest BCUT2D eigenvalue weighted by molar-refractivity contribution is 5.35. The summed E-state index contributed by atoms with van der Waals surface area (Å²) < 4.78 is 13.6. The van der Waals surface area contributed by atoms with Crippen LogP contribution in [0.4, 0.5) is 0 Å². The molecular formula is C15H15N3O3. The van der Waals surface area contributed by atoms with Crippen LogP contribution in [0.5, 0.6) is 11.5 Å². The van der Waals surface area contributed by atoms with Gasteiger partial charge in [0, 0.05) is 6.20 Å². The van der Waals surface area contributed by atoms with Crippen LogP contribution in [-0.2, 0) is 6.54 Å². The Morgan fingerprint density at radius 1 is 1.10 bits per heavy atom. The van der Waals surface area contributed by atoms with Gasteiger partial charge in [-0.3, -0.25) is 4.40 Å². The Morgan fingerprint density at radius 3 is 2.57 bits per heavy atom. The molecule has 0 amide bonds. The first-order valence-electron chi connectivity index (χ1n) is 6.59.